The van der Waals surface area contributed by atoms with Gasteiger partial charge in [0.15, 0.2) is 16.6 Å². The number of carbonyl (C=O) groups excluding carboxylic acids is 1. The highest BCUT2D eigenvalue weighted by molar-refractivity contribution is 6.04. The van der Waals surface area contributed by atoms with Crippen molar-refractivity contribution in [3.63, 3.8) is 0 Å². The van der Waals surface area contributed by atoms with Gasteiger partial charge in [0, 0.05) is 11.1 Å². The van der Waals surface area contributed by atoms with Crippen LogP contribution in [0.4, 0.5) is 0 Å². The molecule has 0 radical (unpaired) electrons. The van der Waals surface area contributed by atoms with Crippen molar-refractivity contribution < 1.29 is 18.4 Å². The van der Waals surface area contributed by atoms with Crippen LogP contribution in [0.5, 0.6) is 5.75 Å². The van der Waals surface area contributed by atoms with Crippen LogP contribution in [-0.2, 0) is 12.8 Å². The summed E-state index contributed by atoms with van der Waals surface area (Å²) in [6.07, 6.45) is 2.96. The van der Waals surface area contributed by atoms with Gasteiger partial charge >= 0.3 is 0 Å². The summed E-state index contributed by atoms with van der Waals surface area (Å²) in [5, 5.41) is 0.896. The Bertz CT molecular complexity index is 1770. The van der Waals surface area contributed by atoms with Crippen molar-refractivity contribution in [3.8, 4) is 5.75 Å². The van der Waals surface area contributed by atoms with E-state index in [0.717, 1.165) is 16.7 Å². The molecule has 3 heterocycles. The highest BCUT2D eigenvalue weighted by atomic mass is 16.5. The van der Waals surface area contributed by atoms with E-state index in [1.165, 1.54) is 12.5 Å². The molecule has 0 saturated carbocycles. The minimum Gasteiger partial charge on any atom is -0.492 e. The van der Waals surface area contributed by atoms with Crippen molar-refractivity contribution in [3.05, 3.63) is 121 Å². The predicted octanol–water partition coefficient (Wildman–Crippen LogP) is 5.87. The molecule has 0 atom stereocenters. The molecule has 5 aromatic rings. The Kier molecular flexibility index (Phi) is 5.56. The van der Waals surface area contributed by atoms with Gasteiger partial charge in [0.05, 0.1) is 34.3 Å². The van der Waals surface area contributed by atoms with Gasteiger partial charge in [-0.15, -0.1) is 0 Å². The lowest BCUT2D eigenvalue weighted by molar-refractivity contribution is 0.0600. The topological polar surface area (TPSA) is 86.7 Å². The molecule has 1 aliphatic rings. The van der Waals surface area contributed by atoms with Crippen LogP contribution in [0.2, 0.25) is 0 Å². The molecule has 0 aliphatic carbocycles. The van der Waals surface area contributed by atoms with Crippen LogP contribution in [-0.4, -0.2) is 12.4 Å². The summed E-state index contributed by atoms with van der Waals surface area (Å²) in [6.45, 7) is 5.80. The Labute approximate surface area is 218 Å². The molecule has 0 bridgehead atoms. The maximum atomic E-state index is 14.2. The van der Waals surface area contributed by atoms with Crippen molar-refractivity contribution in [1.82, 2.24) is 0 Å². The third-order valence-electron chi connectivity index (χ3n) is 7.43. The molecule has 2 aromatic heterocycles. The molecule has 0 fully saturated rings. The number of aryl methyl sites for hydroxylation is 3. The highest BCUT2D eigenvalue weighted by Crippen LogP contribution is 2.39. The molecule has 6 heteroatoms. The van der Waals surface area contributed by atoms with Gasteiger partial charge in [0.25, 0.3) is 0 Å². The van der Waals surface area contributed by atoms with Crippen molar-refractivity contribution in [1.29, 1.82) is 0 Å². The van der Waals surface area contributed by atoms with Crippen molar-refractivity contribution in [2.45, 2.75) is 33.6 Å². The monoisotopic (exact) mass is 506 g/mol. The average Bonchev–Trinajstić information content (AvgIpc) is 2.89. The van der Waals surface area contributed by atoms with E-state index < -0.39 is 5.41 Å². The van der Waals surface area contributed by atoms with E-state index in [0.29, 0.717) is 44.4 Å². The first-order valence-corrected chi connectivity index (χ1v) is 12.5. The van der Waals surface area contributed by atoms with Crippen LogP contribution in [0.25, 0.3) is 21.9 Å². The van der Waals surface area contributed by atoms with Gasteiger partial charge in [-0.3, -0.25) is 14.4 Å². The maximum absolute atomic E-state index is 14.2. The lowest BCUT2D eigenvalue weighted by Gasteiger charge is -2.36. The van der Waals surface area contributed by atoms with Crippen LogP contribution in [0.15, 0.2) is 85.5 Å². The first-order chi connectivity index (χ1) is 18.2. The number of hydrogen-bond donors (Lipinski definition) is 0. The number of carbonyl (C=O) groups is 1. The SMILES string of the molecule is Cc1ccc2c(c1)OCC(Cc1coc3cc(C)ccc3c1=O)(Cc1coc3cc(C)ccc3c1=O)C2=O. The molecular weight excluding hydrogens is 480 g/mol. The second-order valence-electron chi connectivity index (χ2n) is 10.4. The molecule has 0 N–H and O–H groups in total. The minimum absolute atomic E-state index is 0.0129. The van der Waals surface area contributed by atoms with Crippen LogP contribution in [0, 0.1) is 26.2 Å². The number of ketones is 1. The summed E-state index contributed by atoms with van der Waals surface area (Å²) in [6, 6.07) is 16.2. The van der Waals surface area contributed by atoms with Crippen molar-refractivity contribution >= 4 is 27.7 Å². The fourth-order valence-electron chi connectivity index (χ4n) is 5.35. The second-order valence-corrected chi connectivity index (χ2v) is 10.4. The normalized spacial score (nSPS) is 14.4. The van der Waals surface area contributed by atoms with Gasteiger partial charge in [0.1, 0.15) is 23.5 Å². The molecule has 0 saturated heterocycles. The lowest BCUT2D eigenvalue weighted by atomic mass is 9.70. The van der Waals surface area contributed by atoms with Crippen LogP contribution < -0.4 is 15.6 Å². The summed E-state index contributed by atoms with van der Waals surface area (Å²) in [4.78, 5) is 41.1. The van der Waals surface area contributed by atoms with Gasteiger partial charge in [-0.25, -0.2) is 0 Å². The number of benzene rings is 3. The Morgan fingerprint density at radius 2 is 1.18 bits per heavy atom. The standard InChI is InChI=1S/C32H26O6/c1-18-4-7-23-26(10-18)36-15-21(29(23)33)13-32(17-38-28-12-20(3)6-9-25(28)31(32)35)14-22-16-37-27-11-19(2)5-8-24(27)30(22)34/h4-12,15-16H,13-14,17H2,1-3H3. The fourth-order valence-corrected chi connectivity index (χ4v) is 5.35. The molecule has 6 rings (SSSR count). The Morgan fingerprint density at radius 3 is 1.74 bits per heavy atom. The highest BCUT2D eigenvalue weighted by Gasteiger charge is 2.45. The average molecular weight is 507 g/mol. The van der Waals surface area contributed by atoms with E-state index in [2.05, 4.69) is 0 Å². The fraction of sp³-hybridized carbons (Fsp3) is 0.219. The van der Waals surface area contributed by atoms with E-state index in [4.69, 9.17) is 13.6 Å². The molecule has 1 aliphatic heterocycles. The molecule has 6 nitrogen and oxygen atoms in total. The molecular formula is C32H26O6. The van der Waals surface area contributed by atoms with E-state index in [-0.39, 0.29) is 36.1 Å². The number of hydrogen-bond acceptors (Lipinski definition) is 6. The molecule has 3 aromatic carbocycles. The summed E-state index contributed by atoms with van der Waals surface area (Å²) in [7, 11) is 0. The Morgan fingerprint density at radius 1 is 0.684 bits per heavy atom. The van der Waals surface area contributed by atoms with Crippen molar-refractivity contribution in [2.24, 2.45) is 5.41 Å². The maximum Gasteiger partial charge on any atom is 0.195 e. The van der Waals surface area contributed by atoms with Gasteiger partial charge in [-0.1, -0.05) is 18.2 Å². The molecule has 38 heavy (non-hydrogen) atoms. The summed E-state index contributed by atoms with van der Waals surface area (Å²) >= 11 is 0. The predicted molar refractivity (Wildman–Crippen MR) is 145 cm³/mol. The van der Waals surface area contributed by atoms with Crippen LogP contribution in [0.3, 0.4) is 0 Å². The van der Waals surface area contributed by atoms with Gasteiger partial charge in [-0.05, 0) is 86.7 Å². The molecule has 0 unspecified atom stereocenters. The number of ether oxygens (including phenoxy) is 1. The summed E-state index contributed by atoms with van der Waals surface area (Å²) in [5.41, 5.74) is 3.45. The van der Waals surface area contributed by atoms with Gasteiger partial charge in [0.2, 0.25) is 0 Å². The number of rotatable bonds is 4. The first kappa shape index (κ1) is 23.9. The minimum atomic E-state index is -1.21. The van der Waals surface area contributed by atoms with Crippen LogP contribution in [0.1, 0.15) is 38.2 Å². The molecule has 0 amide bonds. The second kappa shape index (κ2) is 8.84. The third kappa shape index (κ3) is 3.93. The van der Waals surface area contributed by atoms with E-state index in [1.807, 2.05) is 57.2 Å². The number of Topliss-reactive ketones (excluding diaryl/α,β-unsaturated/α-hetero) is 1. The molecule has 190 valence electrons. The van der Waals surface area contributed by atoms with Gasteiger partial charge in [-0.2, -0.15) is 0 Å². The summed E-state index contributed by atoms with van der Waals surface area (Å²) in [5.74, 6) is 0.332. The molecule has 0 spiro atoms. The zero-order chi connectivity index (χ0) is 26.6. The van der Waals surface area contributed by atoms with Crippen molar-refractivity contribution in [2.75, 3.05) is 6.61 Å². The van der Waals surface area contributed by atoms with E-state index in [9.17, 15) is 14.4 Å². The lowest BCUT2D eigenvalue weighted by Crippen LogP contribution is -2.46. The third-order valence-corrected chi connectivity index (χ3v) is 7.43. The Hall–Kier alpha value is -4.45. The Balaban J connectivity index is 1.49. The smallest absolute Gasteiger partial charge is 0.195 e. The largest absolute Gasteiger partial charge is 0.492 e. The van der Waals surface area contributed by atoms with E-state index >= 15 is 0 Å². The zero-order valence-corrected chi connectivity index (χ0v) is 21.4. The quantitative estimate of drug-likeness (QED) is 0.303. The number of fused-ring (bicyclic) bond motifs is 3. The first-order valence-electron chi connectivity index (χ1n) is 12.5. The zero-order valence-electron chi connectivity index (χ0n) is 21.4. The van der Waals surface area contributed by atoms with E-state index in [1.54, 1.807) is 18.2 Å². The van der Waals surface area contributed by atoms with Crippen LogP contribution >= 0.6 is 0 Å². The van der Waals surface area contributed by atoms with Gasteiger partial charge < -0.3 is 13.6 Å². The summed E-state index contributed by atoms with van der Waals surface area (Å²) < 4.78 is 17.8.